The van der Waals surface area contributed by atoms with Crippen LogP contribution in [-0.4, -0.2) is 23.9 Å². The highest BCUT2D eigenvalue weighted by Crippen LogP contribution is 2.37. The van der Waals surface area contributed by atoms with Gasteiger partial charge in [0.15, 0.2) is 0 Å². The third-order valence-electron chi connectivity index (χ3n) is 3.65. The maximum Gasteiger partial charge on any atom is 0.252 e. The van der Waals surface area contributed by atoms with Gasteiger partial charge in [0.1, 0.15) is 11.4 Å². The van der Waals surface area contributed by atoms with Crippen LogP contribution < -0.4 is 10.2 Å². The molecule has 1 unspecified atom stereocenters. The summed E-state index contributed by atoms with van der Waals surface area (Å²) in [4.78, 5) is 26.0. The molecule has 0 aliphatic carbocycles. The Bertz CT molecular complexity index is 588. The summed E-state index contributed by atoms with van der Waals surface area (Å²) in [7, 11) is 0. The zero-order chi connectivity index (χ0) is 15.8. The Hall–Kier alpha value is -1.14. The minimum Gasteiger partial charge on any atom is -0.342 e. The smallest absolute Gasteiger partial charge is 0.252 e. The van der Waals surface area contributed by atoms with Crippen molar-refractivity contribution in [3.05, 3.63) is 27.4 Å². The molecular formula is C14H15BrClFN2O2. The third kappa shape index (κ3) is 3.06. The number of carbonyl (C=O) groups excluding carboxylic acids is 2. The lowest BCUT2D eigenvalue weighted by Crippen LogP contribution is -2.54. The second-order valence-electron chi connectivity index (χ2n) is 5.16. The number of anilines is 1. The summed E-state index contributed by atoms with van der Waals surface area (Å²) in [5, 5.41) is 2.87. The van der Waals surface area contributed by atoms with E-state index in [0.717, 1.165) is 6.07 Å². The molecule has 1 N–H and O–H groups in total. The minimum atomic E-state index is -0.995. The molecule has 0 bridgehead atoms. The van der Waals surface area contributed by atoms with Crippen LogP contribution in [0.5, 0.6) is 0 Å². The standard InChI is InChI=1S/C14H15BrClFN2O2/c1-3-14(2)13(21)19(5-4-11(20)18-14)12-9(15)6-8(17)7-10(12)16/h6-7H,3-5H2,1-2H3,(H,18,20). The van der Waals surface area contributed by atoms with E-state index in [0.29, 0.717) is 16.6 Å². The third-order valence-corrected chi connectivity index (χ3v) is 4.55. The summed E-state index contributed by atoms with van der Waals surface area (Å²) in [5.41, 5.74) is -0.607. The first-order chi connectivity index (χ1) is 9.78. The van der Waals surface area contributed by atoms with Gasteiger partial charge in [-0.05, 0) is 41.4 Å². The molecule has 0 saturated carbocycles. The molecule has 7 heteroatoms. The molecule has 2 amide bonds. The lowest BCUT2D eigenvalue weighted by atomic mass is 9.97. The zero-order valence-corrected chi connectivity index (χ0v) is 14.0. The number of benzene rings is 1. The highest BCUT2D eigenvalue weighted by Gasteiger charge is 2.40. The van der Waals surface area contributed by atoms with Crippen molar-refractivity contribution in [1.29, 1.82) is 0 Å². The molecule has 0 radical (unpaired) electrons. The summed E-state index contributed by atoms with van der Waals surface area (Å²) in [6, 6.07) is 2.40. The fourth-order valence-electron chi connectivity index (χ4n) is 2.28. The molecule has 21 heavy (non-hydrogen) atoms. The van der Waals surface area contributed by atoms with E-state index in [1.54, 1.807) is 6.92 Å². The molecule has 1 aliphatic rings. The fraction of sp³-hybridized carbons (Fsp3) is 0.429. The van der Waals surface area contributed by atoms with Crippen LogP contribution in [0, 0.1) is 5.82 Å². The van der Waals surface area contributed by atoms with E-state index in [2.05, 4.69) is 21.2 Å². The number of nitrogens with zero attached hydrogens (tertiary/aromatic N) is 1. The molecule has 114 valence electrons. The maximum atomic E-state index is 13.3. The SMILES string of the molecule is CCC1(C)NC(=O)CCN(c2c(Cl)cc(F)cc2Br)C1=O. The van der Waals surface area contributed by atoms with Gasteiger partial charge in [0.25, 0.3) is 5.91 Å². The lowest BCUT2D eigenvalue weighted by Gasteiger charge is -2.32. The van der Waals surface area contributed by atoms with E-state index in [1.807, 2.05) is 6.92 Å². The Balaban J connectivity index is 2.52. The van der Waals surface area contributed by atoms with Crippen LogP contribution in [0.3, 0.4) is 0 Å². The van der Waals surface area contributed by atoms with Crippen molar-refractivity contribution in [2.45, 2.75) is 32.2 Å². The Morgan fingerprint density at radius 2 is 2.14 bits per heavy atom. The van der Waals surface area contributed by atoms with Gasteiger partial charge in [-0.1, -0.05) is 18.5 Å². The van der Waals surface area contributed by atoms with E-state index in [9.17, 15) is 14.0 Å². The molecule has 1 fully saturated rings. The van der Waals surface area contributed by atoms with Gasteiger partial charge < -0.3 is 10.2 Å². The molecule has 1 heterocycles. The van der Waals surface area contributed by atoms with Gasteiger partial charge in [-0.25, -0.2) is 4.39 Å². The molecule has 1 aliphatic heterocycles. The van der Waals surface area contributed by atoms with Gasteiger partial charge in [-0.3, -0.25) is 9.59 Å². The second-order valence-corrected chi connectivity index (χ2v) is 6.42. The van der Waals surface area contributed by atoms with E-state index in [-0.39, 0.29) is 29.8 Å². The van der Waals surface area contributed by atoms with Gasteiger partial charge in [-0.2, -0.15) is 0 Å². The first-order valence-corrected chi connectivity index (χ1v) is 7.73. The first-order valence-electron chi connectivity index (χ1n) is 6.56. The molecule has 1 saturated heterocycles. The molecule has 2 rings (SSSR count). The van der Waals surface area contributed by atoms with E-state index in [1.165, 1.54) is 11.0 Å². The monoisotopic (exact) mass is 376 g/mol. The molecular weight excluding hydrogens is 363 g/mol. The van der Waals surface area contributed by atoms with E-state index < -0.39 is 11.4 Å². The van der Waals surface area contributed by atoms with Crippen molar-refractivity contribution in [3.8, 4) is 0 Å². The average molecular weight is 378 g/mol. The van der Waals surface area contributed by atoms with Crippen LogP contribution in [0.2, 0.25) is 5.02 Å². The summed E-state index contributed by atoms with van der Waals surface area (Å²) in [5.74, 6) is -0.944. The predicted octanol–water partition coefficient (Wildman–Crippen LogP) is 3.26. The predicted molar refractivity (Wildman–Crippen MR) is 82.9 cm³/mol. The molecule has 1 atom stereocenters. The van der Waals surface area contributed by atoms with Crippen LogP contribution in [0.15, 0.2) is 16.6 Å². The summed E-state index contributed by atoms with van der Waals surface area (Å²) < 4.78 is 13.7. The number of amides is 2. The van der Waals surface area contributed by atoms with Crippen molar-refractivity contribution in [3.63, 3.8) is 0 Å². The Morgan fingerprint density at radius 3 is 2.71 bits per heavy atom. The van der Waals surface area contributed by atoms with Gasteiger partial charge in [0, 0.05) is 17.4 Å². The lowest BCUT2D eigenvalue weighted by molar-refractivity contribution is -0.129. The normalized spacial score (nSPS) is 23.0. The van der Waals surface area contributed by atoms with Gasteiger partial charge in [-0.15, -0.1) is 0 Å². The summed E-state index contributed by atoms with van der Waals surface area (Å²) in [6.45, 7) is 3.70. The van der Waals surface area contributed by atoms with Crippen molar-refractivity contribution < 1.29 is 14.0 Å². The average Bonchev–Trinajstić information content (AvgIpc) is 2.49. The topological polar surface area (TPSA) is 49.4 Å². The minimum absolute atomic E-state index is 0.128. The van der Waals surface area contributed by atoms with Crippen LogP contribution in [0.4, 0.5) is 10.1 Å². The Morgan fingerprint density at radius 1 is 1.48 bits per heavy atom. The number of hydrogen-bond acceptors (Lipinski definition) is 2. The molecule has 1 aromatic carbocycles. The molecule has 1 aromatic rings. The van der Waals surface area contributed by atoms with Gasteiger partial charge in [0.2, 0.25) is 5.91 Å². The fourth-order valence-corrected chi connectivity index (χ4v) is 3.35. The molecule has 4 nitrogen and oxygen atoms in total. The molecule has 0 aromatic heterocycles. The maximum absolute atomic E-state index is 13.3. The highest BCUT2D eigenvalue weighted by molar-refractivity contribution is 9.10. The highest BCUT2D eigenvalue weighted by atomic mass is 79.9. The number of rotatable bonds is 2. The first kappa shape index (κ1) is 16.2. The van der Waals surface area contributed by atoms with Gasteiger partial charge >= 0.3 is 0 Å². The number of hydrogen-bond donors (Lipinski definition) is 1. The van der Waals surface area contributed by atoms with Crippen LogP contribution >= 0.6 is 27.5 Å². The largest absolute Gasteiger partial charge is 0.342 e. The van der Waals surface area contributed by atoms with Crippen molar-refractivity contribution in [2.75, 3.05) is 11.4 Å². The quantitative estimate of drug-likeness (QED) is 0.860. The summed E-state index contributed by atoms with van der Waals surface area (Å²) >= 11 is 9.33. The number of halogens is 3. The zero-order valence-electron chi connectivity index (χ0n) is 11.7. The Kier molecular flexibility index (Phi) is 4.58. The van der Waals surface area contributed by atoms with Crippen molar-refractivity contribution >= 4 is 45.0 Å². The molecule has 0 spiro atoms. The van der Waals surface area contributed by atoms with Gasteiger partial charge in [0.05, 0.1) is 10.7 Å². The number of nitrogens with one attached hydrogen (secondary N) is 1. The van der Waals surface area contributed by atoms with Crippen molar-refractivity contribution in [1.82, 2.24) is 5.32 Å². The number of carbonyl (C=O) groups is 2. The Labute approximate surface area is 135 Å². The van der Waals surface area contributed by atoms with Crippen LogP contribution in [-0.2, 0) is 9.59 Å². The second kappa shape index (κ2) is 5.93. The van der Waals surface area contributed by atoms with Crippen LogP contribution in [0.25, 0.3) is 0 Å². The van der Waals surface area contributed by atoms with E-state index in [4.69, 9.17) is 11.6 Å². The van der Waals surface area contributed by atoms with Crippen LogP contribution in [0.1, 0.15) is 26.7 Å². The van der Waals surface area contributed by atoms with Crippen molar-refractivity contribution in [2.24, 2.45) is 0 Å². The van der Waals surface area contributed by atoms with E-state index >= 15 is 0 Å². The summed E-state index contributed by atoms with van der Waals surface area (Å²) in [6.07, 6.45) is 0.617.